The molecule has 3 rings (SSSR count). The van der Waals surface area contributed by atoms with E-state index in [1.807, 2.05) is 49.6 Å². The Balaban J connectivity index is 1.90. The topological polar surface area (TPSA) is 24.9 Å². The molecular weight excluding hydrogens is 280 g/mol. The van der Waals surface area contributed by atoms with Gasteiger partial charge in [0.25, 0.3) is 0 Å². The number of nitrogens with one attached hydrogen (secondary N) is 1. The SMILES string of the molecule is CNC(Cc1cccc(Cl)c1)c1cnc2ccccc2c1. The molecule has 0 spiro atoms. The smallest absolute Gasteiger partial charge is 0.0702 e. The number of pyridine rings is 1. The van der Waals surface area contributed by atoms with Gasteiger partial charge in [-0.05, 0) is 48.9 Å². The minimum absolute atomic E-state index is 0.223. The third kappa shape index (κ3) is 3.23. The van der Waals surface area contributed by atoms with Crippen molar-refractivity contribution in [3.05, 3.63) is 76.9 Å². The Morgan fingerprint density at radius 1 is 1.10 bits per heavy atom. The molecule has 3 heteroatoms. The second-order valence-electron chi connectivity index (χ2n) is 5.14. The normalized spacial score (nSPS) is 12.5. The van der Waals surface area contributed by atoms with Crippen molar-refractivity contribution < 1.29 is 0 Å². The van der Waals surface area contributed by atoms with Crippen LogP contribution in [0.3, 0.4) is 0 Å². The van der Waals surface area contributed by atoms with Gasteiger partial charge in [-0.15, -0.1) is 0 Å². The number of fused-ring (bicyclic) bond motifs is 1. The van der Waals surface area contributed by atoms with Gasteiger partial charge in [-0.25, -0.2) is 0 Å². The molecule has 0 aliphatic heterocycles. The molecule has 0 bridgehead atoms. The molecule has 0 aliphatic carbocycles. The summed E-state index contributed by atoms with van der Waals surface area (Å²) in [6.45, 7) is 0. The molecule has 2 nitrogen and oxygen atoms in total. The first kappa shape index (κ1) is 14.1. The third-order valence-electron chi connectivity index (χ3n) is 3.69. The van der Waals surface area contributed by atoms with Crippen LogP contribution in [0.2, 0.25) is 5.02 Å². The van der Waals surface area contributed by atoms with Gasteiger partial charge in [-0.2, -0.15) is 0 Å². The van der Waals surface area contributed by atoms with Gasteiger partial charge in [-0.1, -0.05) is 41.9 Å². The van der Waals surface area contributed by atoms with E-state index in [9.17, 15) is 0 Å². The second-order valence-corrected chi connectivity index (χ2v) is 5.57. The maximum absolute atomic E-state index is 6.06. The van der Waals surface area contributed by atoms with Crippen molar-refractivity contribution >= 4 is 22.5 Å². The van der Waals surface area contributed by atoms with Gasteiger partial charge in [0.1, 0.15) is 0 Å². The molecule has 0 fully saturated rings. The molecule has 1 N–H and O–H groups in total. The second kappa shape index (κ2) is 6.25. The molecular formula is C18H17ClN2. The van der Waals surface area contributed by atoms with Gasteiger partial charge in [0.15, 0.2) is 0 Å². The van der Waals surface area contributed by atoms with E-state index in [0.29, 0.717) is 0 Å². The summed E-state index contributed by atoms with van der Waals surface area (Å²) in [5.74, 6) is 0. The summed E-state index contributed by atoms with van der Waals surface area (Å²) < 4.78 is 0. The Kier molecular flexibility index (Phi) is 4.18. The standard InChI is InChI=1S/C18H17ClN2/c1-20-18(10-13-5-4-7-16(19)9-13)15-11-14-6-2-3-8-17(14)21-12-15/h2-9,11-12,18,20H,10H2,1H3. The first-order chi connectivity index (χ1) is 10.3. The van der Waals surface area contributed by atoms with Gasteiger partial charge >= 0.3 is 0 Å². The van der Waals surface area contributed by atoms with E-state index in [4.69, 9.17) is 11.6 Å². The average Bonchev–Trinajstić information content (AvgIpc) is 2.52. The summed E-state index contributed by atoms with van der Waals surface area (Å²) in [7, 11) is 1.98. The Morgan fingerprint density at radius 3 is 2.76 bits per heavy atom. The summed E-state index contributed by atoms with van der Waals surface area (Å²) in [6, 6.07) is 18.6. The lowest BCUT2D eigenvalue weighted by atomic mass is 9.99. The van der Waals surface area contributed by atoms with Crippen LogP contribution in [0, 0.1) is 0 Å². The molecule has 2 aromatic carbocycles. The summed E-state index contributed by atoms with van der Waals surface area (Å²) >= 11 is 6.06. The van der Waals surface area contributed by atoms with E-state index >= 15 is 0 Å². The van der Waals surface area contributed by atoms with E-state index in [1.54, 1.807) is 0 Å². The van der Waals surface area contributed by atoms with Crippen LogP contribution >= 0.6 is 11.6 Å². The van der Waals surface area contributed by atoms with E-state index in [-0.39, 0.29) is 6.04 Å². The highest BCUT2D eigenvalue weighted by atomic mass is 35.5. The Labute approximate surface area is 129 Å². The quantitative estimate of drug-likeness (QED) is 0.772. The van der Waals surface area contributed by atoms with Gasteiger partial charge in [0.2, 0.25) is 0 Å². The van der Waals surface area contributed by atoms with Gasteiger partial charge < -0.3 is 5.32 Å². The highest BCUT2D eigenvalue weighted by Gasteiger charge is 2.11. The van der Waals surface area contributed by atoms with Gasteiger partial charge in [0, 0.05) is 22.6 Å². The van der Waals surface area contributed by atoms with E-state index in [2.05, 4.69) is 28.5 Å². The number of aromatic nitrogens is 1. The molecule has 3 aromatic rings. The van der Waals surface area contributed by atoms with Gasteiger partial charge in [-0.3, -0.25) is 4.98 Å². The van der Waals surface area contributed by atoms with Crippen LogP contribution in [0.5, 0.6) is 0 Å². The number of likely N-dealkylation sites (N-methyl/N-ethyl adjacent to an activating group) is 1. The summed E-state index contributed by atoms with van der Waals surface area (Å²) in [6.07, 6.45) is 2.84. The molecule has 1 aromatic heterocycles. The summed E-state index contributed by atoms with van der Waals surface area (Å²) in [4.78, 5) is 4.54. The third-order valence-corrected chi connectivity index (χ3v) is 3.93. The van der Waals surface area contributed by atoms with Crippen molar-refractivity contribution in [2.75, 3.05) is 7.05 Å². The number of hydrogen-bond donors (Lipinski definition) is 1. The number of benzene rings is 2. The predicted molar refractivity (Wildman–Crippen MR) is 88.7 cm³/mol. The Hall–Kier alpha value is -1.90. The number of nitrogens with zero attached hydrogens (tertiary/aromatic N) is 1. The van der Waals surface area contributed by atoms with Crippen molar-refractivity contribution in [1.29, 1.82) is 0 Å². The number of rotatable bonds is 4. The van der Waals surface area contributed by atoms with Crippen LogP contribution in [0.1, 0.15) is 17.2 Å². The lowest BCUT2D eigenvalue weighted by molar-refractivity contribution is 0.591. The maximum atomic E-state index is 6.06. The molecule has 1 unspecified atom stereocenters. The zero-order valence-corrected chi connectivity index (χ0v) is 12.6. The fraction of sp³-hybridized carbons (Fsp3) is 0.167. The van der Waals surface area contributed by atoms with Crippen LogP contribution in [0.4, 0.5) is 0 Å². The molecule has 1 heterocycles. The fourth-order valence-electron chi connectivity index (χ4n) is 2.56. The molecule has 106 valence electrons. The highest BCUT2D eigenvalue weighted by molar-refractivity contribution is 6.30. The lowest BCUT2D eigenvalue weighted by Crippen LogP contribution is -2.19. The largest absolute Gasteiger partial charge is 0.313 e. The molecule has 0 amide bonds. The maximum Gasteiger partial charge on any atom is 0.0702 e. The van der Waals surface area contributed by atoms with Crippen molar-refractivity contribution in [3.8, 4) is 0 Å². The van der Waals surface area contributed by atoms with Crippen molar-refractivity contribution in [2.45, 2.75) is 12.5 Å². The van der Waals surface area contributed by atoms with Crippen molar-refractivity contribution in [1.82, 2.24) is 10.3 Å². The molecule has 21 heavy (non-hydrogen) atoms. The minimum atomic E-state index is 0.223. The Bertz CT molecular complexity index is 755. The first-order valence-electron chi connectivity index (χ1n) is 7.02. The molecule has 0 saturated carbocycles. The van der Waals surface area contributed by atoms with Crippen molar-refractivity contribution in [2.24, 2.45) is 0 Å². The molecule has 0 saturated heterocycles. The van der Waals surface area contributed by atoms with Crippen LogP contribution in [0.15, 0.2) is 60.8 Å². The summed E-state index contributed by atoms with van der Waals surface area (Å²) in [5, 5.41) is 5.31. The summed E-state index contributed by atoms with van der Waals surface area (Å²) in [5.41, 5.74) is 3.44. The van der Waals surface area contributed by atoms with E-state index in [0.717, 1.165) is 17.0 Å². The monoisotopic (exact) mass is 296 g/mol. The lowest BCUT2D eigenvalue weighted by Gasteiger charge is -2.17. The molecule has 0 aliphatic rings. The van der Waals surface area contributed by atoms with Crippen molar-refractivity contribution in [3.63, 3.8) is 0 Å². The predicted octanol–water partition coefficient (Wildman–Crippen LogP) is 4.39. The Morgan fingerprint density at radius 2 is 1.95 bits per heavy atom. The average molecular weight is 297 g/mol. The number of para-hydroxylation sites is 1. The zero-order chi connectivity index (χ0) is 14.7. The van der Waals surface area contributed by atoms with Gasteiger partial charge in [0.05, 0.1) is 5.52 Å². The van der Waals surface area contributed by atoms with Crippen LogP contribution in [-0.2, 0) is 6.42 Å². The van der Waals surface area contributed by atoms with Crippen LogP contribution < -0.4 is 5.32 Å². The minimum Gasteiger partial charge on any atom is -0.313 e. The van der Waals surface area contributed by atoms with Crippen LogP contribution in [-0.4, -0.2) is 12.0 Å². The molecule has 1 atom stereocenters. The zero-order valence-electron chi connectivity index (χ0n) is 11.9. The van der Waals surface area contributed by atoms with E-state index in [1.165, 1.54) is 16.5 Å². The van der Waals surface area contributed by atoms with Crippen LogP contribution in [0.25, 0.3) is 10.9 Å². The highest BCUT2D eigenvalue weighted by Crippen LogP contribution is 2.22. The molecule has 0 radical (unpaired) electrons. The number of halogens is 1. The first-order valence-corrected chi connectivity index (χ1v) is 7.40. The van der Waals surface area contributed by atoms with E-state index < -0.39 is 0 Å². The number of hydrogen-bond acceptors (Lipinski definition) is 2. The fourth-order valence-corrected chi connectivity index (χ4v) is 2.78.